The van der Waals surface area contributed by atoms with Crippen molar-refractivity contribution in [1.29, 1.82) is 0 Å². The predicted octanol–water partition coefficient (Wildman–Crippen LogP) is 0.183. The van der Waals surface area contributed by atoms with E-state index in [-0.39, 0.29) is 18.4 Å². The molecule has 20 heavy (non-hydrogen) atoms. The van der Waals surface area contributed by atoms with Gasteiger partial charge in [0.1, 0.15) is 5.82 Å². The van der Waals surface area contributed by atoms with Crippen LogP contribution in [0.2, 0.25) is 0 Å². The summed E-state index contributed by atoms with van der Waals surface area (Å²) in [5.41, 5.74) is -0.410. The Morgan fingerprint density at radius 1 is 1.45 bits per heavy atom. The highest BCUT2D eigenvalue weighted by molar-refractivity contribution is 5.78. The maximum absolute atomic E-state index is 12.4. The van der Waals surface area contributed by atoms with Crippen molar-refractivity contribution in [3.63, 3.8) is 0 Å². The van der Waals surface area contributed by atoms with Crippen LogP contribution in [-0.2, 0) is 11.2 Å². The molecule has 0 unspecified atom stereocenters. The molecule has 7 heteroatoms. The molecule has 0 aliphatic heterocycles. The van der Waals surface area contributed by atoms with Gasteiger partial charge < -0.3 is 10.0 Å². The first-order valence-corrected chi connectivity index (χ1v) is 7.23. The van der Waals surface area contributed by atoms with Crippen LogP contribution >= 0.6 is 0 Å². The van der Waals surface area contributed by atoms with E-state index in [9.17, 15) is 14.7 Å². The average Bonchev–Trinajstić information content (AvgIpc) is 2.82. The van der Waals surface area contributed by atoms with Crippen molar-refractivity contribution in [3.8, 4) is 0 Å². The molecule has 112 valence electrons. The number of nitrogens with zero attached hydrogens (tertiary/aromatic N) is 2. The van der Waals surface area contributed by atoms with Crippen molar-refractivity contribution in [2.75, 3.05) is 6.54 Å². The van der Waals surface area contributed by atoms with Crippen LogP contribution in [0.5, 0.6) is 0 Å². The largest absolute Gasteiger partial charge is 0.391 e. The quantitative estimate of drug-likeness (QED) is 0.717. The van der Waals surface area contributed by atoms with E-state index in [1.165, 1.54) is 0 Å². The summed E-state index contributed by atoms with van der Waals surface area (Å²) >= 11 is 0. The lowest BCUT2D eigenvalue weighted by atomic mass is 9.91. The third kappa shape index (κ3) is 3.47. The van der Waals surface area contributed by atoms with Gasteiger partial charge in [-0.05, 0) is 19.3 Å². The van der Waals surface area contributed by atoms with E-state index in [2.05, 4.69) is 15.2 Å². The zero-order chi connectivity index (χ0) is 14.5. The van der Waals surface area contributed by atoms with Crippen LogP contribution in [0, 0.1) is 0 Å². The third-order valence-corrected chi connectivity index (χ3v) is 3.75. The fourth-order valence-corrected chi connectivity index (χ4v) is 2.81. The zero-order valence-corrected chi connectivity index (χ0v) is 11.8. The number of hydrogen-bond acceptors (Lipinski definition) is 4. The fraction of sp³-hybridized carbons (Fsp3) is 0.769. The number of carbonyl (C=O) groups excluding carboxylic acids is 1. The highest BCUT2D eigenvalue weighted by atomic mass is 16.3. The molecule has 0 bridgehead atoms. The van der Waals surface area contributed by atoms with Gasteiger partial charge in [0, 0.05) is 6.54 Å². The topological polar surface area (TPSA) is 102 Å². The Bertz CT molecular complexity index is 496. The van der Waals surface area contributed by atoms with Gasteiger partial charge in [-0.15, -0.1) is 0 Å². The highest BCUT2D eigenvalue weighted by Gasteiger charge is 2.31. The van der Waals surface area contributed by atoms with Crippen LogP contribution in [-0.4, -0.2) is 49.8 Å². The molecule has 0 saturated heterocycles. The maximum atomic E-state index is 12.4. The molecule has 0 aromatic carbocycles. The first-order valence-electron chi connectivity index (χ1n) is 7.23. The number of rotatable bonds is 5. The van der Waals surface area contributed by atoms with Crippen molar-refractivity contribution in [2.24, 2.45) is 0 Å². The normalized spacial score (nSPS) is 22.7. The lowest BCUT2D eigenvalue weighted by Crippen LogP contribution is -2.49. The van der Waals surface area contributed by atoms with E-state index in [0.717, 1.165) is 32.1 Å². The number of aromatic nitrogens is 3. The first-order chi connectivity index (χ1) is 9.61. The van der Waals surface area contributed by atoms with Gasteiger partial charge >= 0.3 is 5.69 Å². The standard InChI is InChI=1S/C13H22N4O3/c1-2-7-17(9-5-3-4-6-10(9)18)12(19)8-11-14-13(20)16-15-11/h9-10,18H,2-8H2,1H3,(H2,14,15,16,20)/t9-,10-/m1/s1. The molecule has 2 atom stereocenters. The molecule has 0 spiro atoms. The van der Waals surface area contributed by atoms with Gasteiger partial charge in [-0.1, -0.05) is 19.8 Å². The van der Waals surface area contributed by atoms with Gasteiger partial charge in [0.2, 0.25) is 5.91 Å². The molecule has 1 amide bonds. The summed E-state index contributed by atoms with van der Waals surface area (Å²) in [7, 11) is 0. The number of H-pyrrole nitrogens is 2. The number of hydrogen-bond donors (Lipinski definition) is 3. The van der Waals surface area contributed by atoms with Crippen LogP contribution < -0.4 is 5.69 Å². The molecule has 1 aromatic heterocycles. The number of aromatic amines is 2. The Balaban J connectivity index is 2.06. The number of aliphatic hydroxyl groups excluding tert-OH is 1. The average molecular weight is 282 g/mol. The molecular weight excluding hydrogens is 260 g/mol. The summed E-state index contributed by atoms with van der Waals surface area (Å²) < 4.78 is 0. The van der Waals surface area contributed by atoms with Gasteiger partial charge in [0.05, 0.1) is 18.6 Å². The van der Waals surface area contributed by atoms with Crippen LogP contribution in [0.3, 0.4) is 0 Å². The van der Waals surface area contributed by atoms with Gasteiger partial charge in [0.15, 0.2) is 0 Å². The smallest absolute Gasteiger partial charge is 0.340 e. The number of amides is 1. The molecule has 1 aliphatic carbocycles. The summed E-state index contributed by atoms with van der Waals surface area (Å²) in [5, 5.41) is 16.1. The summed E-state index contributed by atoms with van der Waals surface area (Å²) in [5.74, 6) is 0.243. The summed E-state index contributed by atoms with van der Waals surface area (Å²) in [6.45, 7) is 2.63. The Morgan fingerprint density at radius 2 is 2.20 bits per heavy atom. The zero-order valence-electron chi connectivity index (χ0n) is 11.8. The minimum absolute atomic E-state index is 0.0575. The van der Waals surface area contributed by atoms with E-state index in [4.69, 9.17) is 0 Å². The Morgan fingerprint density at radius 3 is 2.80 bits per heavy atom. The molecule has 1 aliphatic rings. The van der Waals surface area contributed by atoms with E-state index >= 15 is 0 Å². The summed E-state index contributed by atoms with van der Waals surface area (Å²) in [6, 6.07) is -0.109. The van der Waals surface area contributed by atoms with Gasteiger partial charge in [-0.3, -0.25) is 9.78 Å². The van der Waals surface area contributed by atoms with Crippen molar-refractivity contribution in [2.45, 2.75) is 57.6 Å². The molecule has 2 rings (SSSR count). The first kappa shape index (κ1) is 14.8. The number of aliphatic hydroxyl groups is 1. The molecule has 1 fully saturated rings. The van der Waals surface area contributed by atoms with E-state index < -0.39 is 11.8 Å². The summed E-state index contributed by atoms with van der Waals surface area (Å²) in [6.07, 6.45) is 4.08. The molecule has 7 nitrogen and oxygen atoms in total. The number of nitrogens with one attached hydrogen (secondary N) is 2. The fourth-order valence-electron chi connectivity index (χ4n) is 2.81. The molecular formula is C13H22N4O3. The van der Waals surface area contributed by atoms with Crippen LogP contribution in [0.1, 0.15) is 44.9 Å². The monoisotopic (exact) mass is 282 g/mol. The SMILES string of the molecule is CCCN(C(=O)Cc1n[nH]c(=O)[nH]1)[C@@H]1CCCC[C@H]1O. The minimum Gasteiger partial charge on any atom is -0.391 e. The molecule has 3 N–H and O–H groups in total. The second-order valence-electron chi connectivity index (χ2n) is 5.31. The third-order valence-electron chi connectivity index (χ3n) is 3.75. The van der Waals surface area contributed by atoms with Crippen LogP contribution in [0.15, 0.2) is 4.79 Å². The number of carbonyl (C=O) groups is 1. The molecule has 1 aromatic rings. The van der Waals surface area contributed by atoms with Crippen LogP contribution in [0.4, 0.5) is 0 Å². The Labute approximate surface area is 117 Å². The molecule has 1 heterocycles. The van der Waals surface area contributed by atoms with E-state index in [1.54, 1.807) is 4.90 Å². The van der Waals surface area contributed by atoms with Gasteiger partial charge in [-0.25, -0.2) is 9.89 Å². The lowest BCUT2D eigenvalue weighted by Gasteiger charge is -2.37. The van der Waals surface area contributed by atoms with Crippen molar-refractivity contribution in [3.05, 3.63) is 16.3 Å². The van der Waals surface area contributed by atoms with E-state index in [1.807, 2.05) is 6.92 Å². The lowest BCUT2D eigenvalue weighted by molar-refractivity contribution is -0.136. The second-order valence-corrected chi connectivity index (χ2v) is 5.31. The second kappa shape index (κ2) is 6.69. The van der Waals surface area contributed by atoms with Crippen molar-refractivity contribution >= 4 is 5.91 Å². The maximum Gasteiger partial charge on any atom is 0.340 e. The minimum atomic E-state index is -0.447. The highest BCUT2D eigenvalue weighted by Crippen LogP contribution is 2.24. The summed E-state index contributed by atoms with van der Waals surface area (Å²) in [4.78, 5) is 27.6. The molecule has 1 saturated carbocycles. The Hall–Kier alpha value is -1.63. The predicted molar refractivity (Wildman–Crippen MR) is 73.2 cm³/mol. The Kier molecular flexibility index (Phi) is 4.94. The van der Waals surface area contributed by atoms with Crippen molar-refractivity contribution < 1.29 is 9.90 Å². The van der Waals surface area contributed by atoms with Crippen molar-refractivity contribution in [1.82, 2.24) is 20.1 Å². The van der Waals surface area contributed by atoms with Gasteiger partial charge in [0.25, 0.3) is 0 Å². The van der Waals surface area contributed by atoms with Gasteiger partial charge in [-0.2, -0.15) is 5.10 Å². The van der Waals surface area contributed by atoms with Crippen LogP contribution in [0.25, 0.3) is 0 Å². The molecule has 0 radical (unpaired) electrons. The van der Waals surface area contributed by atoms with E-state index in [0.29, 0.717) is 12.4 Å².